The topological polar surface area (TPSA) is 49.4 Å². The average molecular weight is 242 g/mol. The summed E-state index contributed by atoms with van der Waals surface area (Å²) in [7, 11) is 1.90. The third-order valence-corrected chi connectivity index (χ3v) is 2.48. The highest BCUT2D eigenvalue weighted by molar-refractivity contribution is 5.82. The van der Waals surface area contributed by atoms with Gasteiger partial charge >= 0.3 is 0 Å². The Bertz CT molecular complexity index is 250. The van der Waals surface area contributed by atoms with Crippen LogP contribution >= 0.6 is 0 Å². The SMILES string of the molecule is CC(C)CC(=O)NCCN(C)CC(=O)C(C)C. The molecule has 0 radical (unpaired) electrons. The molecule has 0 saturated heterocycles. The average Bonchev–Trinajstić information content (AvgIpc) is 2.15. The largest absolute Gasteiger partial charge is 0.355 e. The van der Waals surface area contributed by atoms with Crippen molar-refractivity contribution >= 4 is 11.7 Å². The molecule has 0 aromatic carbocycles. The molecule has 4 nitrogen and oxygen atoms in total. The van der Waals surface area contributed by atoms with Gasteiger partial charge in [0.15, 0.2) is 0 Å². The van der Waals surface area contributed by atoms with Crippen molar-refractivity contribution in [3.05, 3.63) is 0 Å². The van der Waals surface area contributed by atoms with Crippen LogP contribution in [0.25, 0.3) is 0 Å². The molecule has 0 aliphatic carbocycles. The summed E-state index contributed by atoms with van der Waals surface area (Å²) >= 11 is 0. The Kier molecular flexibility index (Phi) is 7.79. The number of amides is 1. The molecule has 100 valence electrons. The smallest absolute Gasteiger partial charge is 0.220 e. The van der Waals surface area contributed by atoms with Crippen LogP contribution in [-0.2, 0) is 9.59 Å². The third-order valence-electron chi connectivity index (χ3n) is 2.48. The van der Waals surface area contributed by atoms with Crippen molar-refractivity contribution in [3.63, 3.8) is 0 Å². The molecule has 0 aromatic rings. The Morgan fingerprint density at radius 1 is 1.18 bits per heavy atom. The van der Waals surface area contributed by atoms with Gasteiger partial charge in [-0.05, 0) is 13.0 Å². The van der Waals surface area contributed by atoms with Gasteiger partial charge in [-0.2, -0.15) is 0 Å². The number of nitrogens with one attached hydrogen (secondary N) is 1. The van der Waals surface area contributed by atoms with E-state index in [9.17, 15) is 9.59 Å². The molecule has 0 saturated carbocycles. The van der Waals surface area contributed by atoms with Gasteiger partial charge in [-0.1, -0.05) is 27.7 Å². The normalized spacial score (nSPS) is 11.3. The molecule has 0 bridgehead atoms. The fourth-order valence-corrected chi connectivity index (χ4v) is 1.36. The second-order valence-electron chi connectivity index (χ2n) is 5.31. The fraction of sp³-hybridized carbons (Fsp3) is 0.846. The lowest BCUT2D eigenvalue weighted by atomic mass is 10.1. The van der Waals surface area contributed by atoms with Crippen LogP contribution in [0.3, 0.4) is 0 Å². The lowest BCUT2D eigenvalue weighted by Crippen LogP contribution is -2.36. The predicted molar refractivity (Wildman–Crippen MR) is 69.8 cm³/mol. The van der Waals surface area contributed by atoms with E-state index in [-0.39, 0.29) is 17.6 Å². The van der Waals surface area contributed by atoms with E-state index in [1.807, 2.05) is 39.6 Å². The quantitative estimate of drug-likeness (QED) is 0.698. The summed E-state index contributed by atoms with van der Waals surface area (Å²) in [4.78, 5) is 24.8. The molecule has 1 N–H and O–H groups in total. The number of likely N-dealkylation sites (N-methyl/N-ethyl adjacent to an activating group) is 1. The minimum atomic E-state index is 0.0768. The summed E-state index contributed by atoms with van der Waals surface area (Å²) in [5, 5.41) is 2.86. The maximum atomic E-state index is 11.5. The Morgan fingerprint density at radius 2 is 1.76 bits per heavy atom. The van der Waals surface area contributed by atoms with Crippen molar-refractivity contribution in [1.29, 1.82) is 0 Å². The first-order valence-electron chi connectivity index (χ1n) is 6.30. The molecule has 0 aromatic heterocycles. The van der Waals surface area contributed by atoms with Crippen molar-refractivity contribution < 1.29 is 9.59 Å². The first kappa shape index (κ1) is 16.1. The Morgan fingerprint density at radius 3 is 2.24 bits per heavy atom. The number of Topliss-reactive ketones (excluding diaryl/α,β-unsaturated/α-hetero) is 1. The number of nitrogens with zero attached hydrogens (tertiary/aromatic N) is 1. The van der Waals surface area contributed by atoms with Crippen LogP contribution in [0.1, 0.15) is 34.1 Å². The van der Waals surface area contributed by atoms with E-state index in [0.29, 0.717) is 32.0 Å². The molecule has 1 amide bonds. The van der Waals surface area contributed by atoms with Gasteiger partial charge in [0, 0.05) is 25.4 Å². The first-order valence-corrected chi connectivity index (χ1v) is 6.30. The molecule has 0 fully saturated rings. The van der Waals surface area contributed by atoms with Gasteiger partial charge in [0.25, 0.3) is 0 Å². The Balaban J connectivity index is 3.67. The van der Waals surface area contributed by atoms with Crippen LogP contribution in [0.5, 0.6) is 0 Å². The van der Waals surface area contributed by atoms with Crippen molar-refractivity contribution in [2.24, 2.45) is 11.8 Å². The lowest BCUT2D eigenvalue weighted by molar-refractivity contribution is -0.122. The number of carbonyl (C=O) groups excluding carboxylic acids is 2. The van der Waals surface area contributed by atoms with Crippen LogP contribution in [0.4, 0.5) is 0 Å². The number of rotatable bonds is 8. The molecule has 4 heteroatoms. The van der Waals surface area contributed by atoms with Crippen LogP contribution in [0.15, 0.2) is 0 Å². The highest BCUT2D eigenvalue weighted by atomic mass is 16.1. The van der Waals surface area contributed by atoms with E-state index in [1.165, 1.54) is 0 Å². The summed E-state index contributed by atoms with van der Waals surface area (Å²) < 4.78 is 0. The van der Waals surface area contributed by atoms with Crippen molar-refractivity contribution in [1.82, 2.24) is 10.2 Å². The third kappa shape index (κ3) is 8.86. The highest BCUT2D eigenvalue weighted by Crippen LogP contribution is 1.98. The predicted octanol–water partition coefficient (Wildman–Crippen LogP) is 1.31. The number of hydrogen-bond acceptors (Lipinski definition) is 3. The molecule has 0 heterocycles. The molecular weight excluding hydrogens is 216 g/mol. The van der Waals surface area contributed by atoms with Gasteiger partial charge < -0.3 is 5.32 Å². The van der Waals surface area contributed by atoms with E-state index in [2.05, 4.69) is 5.32 Å². The van der Waals surface area contributed by atoms with Gasteiger partial charge in [-0.15, -0.1) is 0 Å². The molecule has 0 rings (SSSR count). The first-order chi connectivity index (χ1) is 7.82. The zero-order chi connectivity index (χ0) is 13.4. The van der Waals surface area contributed by atoms with Crippen LogP contribution < -0.4 is 5.32 Å². The summed E-state index contributed by atoms with van der Waals surface area (Å²) in [6.07, 6.45) is 0.564. The molecule has 0 aliphatic rings. The zero-order valence-electron chi connectivity index (χ0n) is 11.7. The van der Waals surface area contributed by atoms with Crippen LogP contribution in [0.2, 0.25) is 0 Å². The summed E-state index contributed by atoms with van der Waals surface area (Å²) in [5.74, 6) is 0.785. The fourth-order valence-electron chi connectivity index (χ4n) is 1.36. The monoisotopic (exact) mass is 242 g/mol. The second kappa shape index (κ2) is 8.23. The van der Waals surface area contributed by atoms with Gasteiger partial charge in [-0.25, -0.2) is 0 Å². The van der Waals surface area contributed by atoms with Gasteiger partial charge in [-0.3, -0.25) is 14.5 Å². The van der Waals surface area contributed by atoms with Crippen molar-refractivity contribution in [2.45, 2.75) is 34.1 Å². The van der Waals surface area contributed by atoms with Crippen LogP contribution in [0, 0.1) is 11.8 Å². The summed E-state index contributed by atoms with van der Waals surface area (Å²) in [6.45, 7) is 9.62. The van der Waals surface area contributed by atoms with E-state index < -0.39 is 0 Å². The van der Waals surface area contributed by atoms with Gasteiger partial charge in [0.05, 0.1) is 6.54 Å². The maximum absolute atomic E-state index is 11.5. The van der Waals surface area contributed by atoms with E-state index in [4.69, 9.17) is 0 Å². The van der Waals surface area contributed by atoms with Gasteiger partial charge in [0.2, 0.25) is 5.91 Å². The van der Waals surface area contributed by atoms with Crippen molar-refractivity contribution in [3.8, 4) is 0 Å². The molecule has 17 heavy (non-hydrogen) atoms. The Labute approximate surface area is 105 Å². The molecule has 0 atom stereocenters. The van der Waals surface area contributed by atoms with Gasteiger partial charge in [0.1, 0.15) is 5.78 Å². The Hall–Kier alpha value is -0.900. The standard InChI is InChI=1S/C13H26N2O2/c1-10(2)8-13(17)14-6-7-15(5)9-12(16)11(3)4/h10-11H,6-9H2,1-5H3,(H,14,17). The van der Waals surface area contributed by atoms with Crippen LogP contribution in [-0.4, -0.2) is 43.3 Å². The zero-order valence-corrected chi connectivity index (χ0v) is 11.7. The van der Waals surface area contributed by atoms with E-state index in [0.717, 1.165) is 0 Å². The lowest BCUT2D eigenvalue weighted by Gasteiger charge is -2.17. The second-order valence-corrected chi connectivity index (χ2v) is 5.31. The highest BCUT2D eigenvalue weighted by Gasteiger charge is 2.10. The number of carbonyl (C=O) groups is 2. The number of ketones is 1. The summed E-state index contributed by atoms with van der Waals surface area (Å²) in [6, 6.07) is 0. The maximum Gasteiger partial charge on any atom is 0.220 e. The molecular formula is C13H26N2O2. The molecule has 0 spiro atoms. The summed E-state index contributed by atoms with van der Waals surface area (Å²) in [5.41, 5.74) is 0. The van der Waals surface area contributed by atoms with E-state index >= 15 is 0 Å². The minimum Gasteiger partial charge on any atom is -0.355 e. The molecule has 0 unspecified atom stereocenters. The van der Waals surface area contributed by atoms with E-state index in [1.54, 1.807) is 0 Å². The minimum absolute atomic E-state index is 0.0768. The van der Waals surface area contributed by atoms with Crippen molar-refractivity contribution in [2.75, 3.05) is 26.7 Å². The molecule has 0 aliphatic heterocycles. The number of hydrogen-bond donors (Lipinski definition) is 1.